The largest absolute Gasteiger partial charge is 0.389 e. The molecule has 0 heterocycles. The summed E-state index contributed by atoms with van der Waals surface area (Å²) in [6.45, 7) is 3.03. The summed E-state index contributed by atoms with van der Waals surface area (Å²) in [6.07, 6.45) is 0. The molecular weight excluding hydrogens is 218 g/mol. The van der Waals surface area contributed by atoms with Crippen LogP contribution in [0.5, 0.6) is 0 Å². The fraction of sp³-hybridized carbons (Fsp3) is 0.417. The highest BCUT2D eigenvalue weighted by Gasteiger charge is 2.07. The number of likely N-dealkylation sites (N-methyl/N-ethyl adjacent to an activating group) is 1. The summed E-state index contributed by atoms with van der Waals surface area (Å²) in [5, 5.41) is 3.37. The highest BCUT2D eigenvalue weighted by molar-refractivity contribution is 7.80. The molecule has 16 heavy (non-hydrogen) atoms. The van der Waals surface area contributed by atoms with Crippen LogP contribution < -0.4 is 11.1 Å². The lowest BCUT2D eigenvalue weighted by Crippen LogP contribution is -2.32. The second-order valence-electron chi connectivity index (χ2n) is 4.10. The maximum absolute atomic E-state index is 5.66. The van der Waals surface area contributed by atoms with E-state index in [1.165, 1.54) is 0 Å². The van der Waals surface area contributed by atoms with Crippen LogP contribution in [0.15, 0.2) is 24.3 Å². The van der Waals surface area contributed by atoms with Gasteiger partial charge in [-0.2, -0.15) is 0 Å². The smallest absolute Gasteiger partial charge is 0.106 e. The van der Waals surface area contributed by atoms with Gasteiger partial charge in [-0.25, -0.2) is 0 Å². The Morgan fingerprint density at radius 3 is 2.62 bits per heavy atom. The van der Waals surface area contributed by atoms with Gasteiger partial charge in [0.05, 0.1) is 0 Å². The first-order valence-electron chi connectivity index (χ1n) is 5.31. The van der Waals surface area contributed by atoms with Crippen molar-refractivity contribution in [1.82, 2.24) is 4.90 Å². The first-order chi connectivity index (χ1) is 7.52. The van der Waals surface area contributed by atoms with Crippen molar-refractivity contribution in [3.63, 3.8) is 0 Å². The van der Waals surface area contributed by atoms with Crippen LogP contribution in [0.3, 0.4) is 0 Å². The minimum Gasteiger partial charge on any atom is -0.389 e. The van der Waals surface area contributed by atoms with E-state index in [9.17, 15) is 0 Å². The fourth-order valence-corrected chi connectivity index (χ4v) is 1.47. The van der Waals surface area contributed by atoms with Crippen molar-refractivity contribution in [2.24, 2.45) is 5.73 Å². The Bertz CT molecular complexity index is 363. The molecule has 4 heteroatoms. The van der Waals surface area contributed by atoms with Gasteiger partial charge < -0.3 is 16.0 Å². The molecule has 0 saturated heterocycles. The van der Waals surface area contributed by atoms with Gasteiger partial charge in [-0.3, -0.25) is 0 Å². The number of para-hydroxylation sites is 1. The van der Waals surface area contributed by atoms with Crippen molar-refractivity contribution in [3.05, 3.63) is 29.8 Å². The maximum Gasteiger partial charge on any atom is 0.106 e. The van der Waals surface area contributed by atoms with E-state index in [-0.39, 0.29) is 0 Å². The highest BCUT2D eigenvalue weighted by Crippen LogP contribution is 2.14. The highest BCUT2D eigenvalue weighted by atomic mass is 32.1. The van der Waals surface area contributed by atoms with Crippen LogP contribution in [0, 0.1) is 0 Å². The number of hydrogen-bond donors (Lipinski definition) is 2. The Morgan fingerprint density at radius 1 is 1.44 bits per heavy atom. The van der Waals surface area contributed by atoms with E-state index >= 15 is 0 Å². The molecule has 0 radical (unpaired) electrons. The van der Waals surface area contributed by atoms with Crippen molar-refractivity contribution in [3.8, 4) is 0 Å². The van der Waals surface area contributed by atoms with E-state index in [2.05, 4.69) is 31.2 Å². The van der Waals surface area contributed by atoms with Gasteiger partial charge in [-0.15, -0.1) is 0 Å². The Morgan fingerprint density at radius 2 is 2.06 bits per heavy atom. The lowest BCUT2D eigenvalue weighted by atomic mass is 10.1. The maximum atomic E-state index is 5.66. The van der Waals surface area contributed by atoms with Crippen molar-refractivity contribution in [2.45, 2.75) is 13.0 Å². The molecule has 1 atom stereocenters. The number of nitrogens with zero attached hydrogens (tertiary/aromatic N) is 1. The second-order valence-corrected chi connectivity index (χ2v) is 4.54. The van der Waals surface area contributed by atoms with Gasteiger partial charge in [-0.05, 0) is 33.2 Å². The Kier molecular flexibility index (Phi) is 4.71. The first-order valence-corrected chi connectivity index (χ1v) is 5.72. The van der Waals surface area contributed by atoms with Gasteiger partial charge in [0.2, 0.25) is 0 Å². The zero-order chi connectivity index (χ0) is 12.1. The molecule has 3 N–H and O–H groups in total. The molecule has 1 aromatic rings. The monoisotopic (exact) mass is 237 g/mol. The molecule has 0 saturated carbocycles. The Hall–Kier alpha value is -1.13. The molecule has 88 valence electrons. The van der Waals surface area contributed by atoms with E-state index in [1.54, 1.807) is 0 Å². The topological polar surface area (TPSA) is 41.3 Å². The SMILES string of the molecule is CC(CNc1ccccc1C(N)=S)N(C)C. The summed E-state index contributed by atoms with van der Waals surface area (Å²) in [4.78, 5) is 2.59. The molecule has 0 amide bonds. The lowest BCUT2D eigenvalue weighted by Gasteiger charge is -2.21. The lowest BCUT2D eigenvalue weighted by molar-refractivity contribution is 0.326. The summed E-state index contributed by atoms with van der Waals surface area (Å²) in [5.74, 6) is 0. The van der Waals surface area contributed by atoms with Crippen LogP contribution in [-0.4, -0.2) is 36.6 Å². The Labute approximate surface area is 103 Å². The van der Waals surface area contributed by atoms with Crippen LogP contribution in [0.2, 0.25) is 0 Å². The average Bonchev–Trinajstić information content (AvgIpc) is 2.25. The van der Waals surface area contributed by atoms with Crippen LogP contribution in [0.25, 0.3) is 0 Å². The Balaban J connectivity index is 2.70. The number of thiocarbonyl (C=S) groups is 1. The van der Waals surface area contributed by atoms with Gasteiger partial charge >= 0.3 is 0 Å². The molecule has 3 nitrogen and oxygen atoms in total. The molecule has 1 aromatic carbocycles. The average molecular weight is 237 g/mol. The molecule has 0 bridgehead atoms. The van der Waals surface area contributed by atoms with Gasteiger partial charge in [-0.1, -0.05) is 24.4 Å². The van der Waals surface area contributed by atoms with Crippen molar-refractivity contribution < 1.29 is 0 Å². The third-order valence-corrected chi connectivity index (χ3v) is 2.88. The van der Waals surface area contributed by atoms with Gasteiger partial charge in [0.1, 0.15) is 4.99 Å². The van der Waals surface area contributed by atoms with E-state index in [4.69, 9.17) is 18.0 Å². The number of hydrogen-bond acceptors (Lipinski definition) is 3. The third-order valence-electron chi connectivity index (χ3n) is 2.66. The molecule has 1 unspecified atom stereocenters. The van der Waals surface area contributed by atoms with Crippen LogP contribution >= 0.6 is 12.2 Å². The predicted molar refractivity (Wildman–Crippen MR) is 74.0 cm³/mol. The molecule has 0 aliphatic carbocycles. The van der Waals surface area contributed by atoms with Gasteiger partial charge in [0.15, 0.2) is 0 Å². The summed E-state index contributed by atoms with van der Waals surface area (Å²) in [6, 6.07) is 8.31. The molecule has 0 aliphatic rings. The van der Waals surface area contributed by atoms with E-state index in [0.717, 1.165) is 17.8 Å². The zero-order valence-electron chi connectivity index (χ0n) is 10.0. The molecule has 1 rings (SSSR count). The van der Waals surface area contributed by atoms with Crippen molar-refractivity contribution >= 4 is 22.9 Å². The van der Waals surface area contributed by atoms with E-state index < -0.39 is 0 Å². The van der Waals surface area contributed by atoms with Crippen LogP contribution in [-0.2, 0) is 0 Å². The van der Waals surface area contributed by atoms with Crippen molar-refractivity contribution in [2.75, 3.05) is 26.0 Å². The normalized spacial score (nSPS) is 12.5. The molecule has 0 aliphatic heterocycles. The summed E-state index contributed by atoms with van der Waals surface area (Å²) in [5.41, 5.74) is 7.57. The predicted octanol–water partition coefficient (Wildman–Crippen LogP) is 1.68. The minimum atomic E-state index is 0.431. The fourth-order valence-electron chi connectivity index (χ4n) is 1.29. The number of benzene rings is 1. The number of rotatable bonds is 5. The second kappa shape index (κ2) is 5.82. The van der Waals surface area contributed by atoms with Crippen molar-refractivity contribution in [1.29, 1.82) is 0 Å². The summed E-state index contributed by atoms with van der Waals surface area (Å²) in [7, 11) is 4.12. The molecular formula is C12H19N3S. The van der Waals surface area contributed by atoms with Gasteiger partial charge in [0.25, 0.3) is 0 Å². The van der Waals surface area contributed by atoms with Gasteiger partial charge in [0, 0.05) is 23.8 Å². The first kappa shape index (κ1) is 12.9. The number of nitrogens with one attached hydrogen (secondary N) is 1. The minimum absolute atomic E-state index is 0.431. The summed E-state index contributed by atoms with van der Waals surface area (Å²) < 4.78 is 0. The van der Waals surface area contributed by atoms with E-state index in [1.807, 2.05) is 24.3 Å². The summed E-state index contributed by atoms with van der Waals surface area (Å²) >= 11 is 5.01. The number of anilines is 1. The zero-order valence-corrected chi connectivity index (χ0v) is 10.8. The van der Waals surface area contributed by atoms with Crippen LogP contribution in [0.4, 0.5) is 5.69 Å². The third kappa shape index (κ3) is 3.47. The molecule has 0 fully saturated rings. The number of nitrogens with two attached hydrogens (primary N) is 1. The quantitative estimate of drug-likeness (QED) is 0.765. The molecule has 0 spiro atoms. The standard InChI is InChI=1S/C12H19N3S/c1-9(15(2)3)8-14-11-7-5-4-6-10(11)12(13)16/h4-7,9,14H,8H2,1-3H3,(H2,13,16). The van der Waals surface area contributed by atoms with Crippen LogP contribution in [0.1, 0.15) is 12.5 Å². The van der Waals surface area contributed by atoms with E-state index in [0.29, 0.717) is 11.0 Å². The molecule has 0 aromatic heterocycles.